The number of rotatable bonds is 4. The third-order valence-electron chi connectivity index (χ3n) is 3.90. The SMILES string of the molecule is O=C(O)c1cn(C2CN(C(=O)CC3CCCN3)C2)nn1. The van der Waals surface area contributed by atoms with Crippen molar-refractivity contribution in [2.75, 3.05) is 19.6 Å². The smallest absolute Gasteiger partial charge is 0.358 e. The van der Waals surface area contributed by atoms with Gasteiger partial charge in [-0.2, -0.15) is 0 Å². The Morgan fingerprint density at radius 1 is 1.45 bits per heavy atom. The maximum Gasteiger partial charge on any atom is 0.358 e. The molecule has 2 fully saturated rings. The third-order valence-corrected chi connectivity index (χ3v) is 3.90. The second-order valence-electron chi connectivity index (χ2n) is 5.34. The zero-order valence-corrected chi connectivity index (χ0v) is 11.0. The molecule has 8 nitrogen and oxygen atoms in total. The molecule has 0 aliphatic carbocycles. The van der Waals surface area contributed by atoms with Crippen molar-refractivity contribution in [3.8, 4) is 0 Å². The predicted molar refractivity (Wildman–Crippen MR) is 68.2 cm³/mol. The lowest BCUT2D eigenvalue weighted by molar-refractivity contribution is -0.137. The van der Waals surface area contributed by atoms with Gasteiger partial charge in [0.05, 0.1) is 12.2 Å². The Labute approximate surface area is 115 Å². The quantitative estimate of drug-likeness (QED) is 0.771. The van der Waals surface area contributed by atoms with Crippen molar-refractivity contribution < 1.29 is 14.7 Å². The summed E-state index contributed by atoms with van der Waals surface area (Å²) < 4.78 is 1.53. The van der Waals surface area contributed by atoms with Crippen LogP contribution < -0.4 is 5.32 Å². The fourth-order valence-electron chi connectivity index (χ4n) is 2.65. The minimum absolute atomic E-state index is 0.0380. The Balaban J connectivity index is 1.49. The van der Waals surface area contributed by atoms with Gasteiger partial charge in [0, 0.05) is 25.6 Å². The first-order valence-corrected chi connectivity index (χ1v) is 6.80. The van der Waals surface area contributed by atoms with E-state index in [0.717, 1.165) is 19.4 Å². The summed E-state index contributed by atoms with van der Waals surface area (Å²) in [5, 5.41) is 19.5. The number of carboxylic acids is 1. The summed E-state index contributed by atoms with van der Waals surface area (Å²) in [4.78, 5) is 24.5. The molecule has 3 heterocycles. The highest BCUT2D eigenvalue weighted by molar-refractivity contribution is 5.84. The van der Waals surface area contributed by atoms with E-state index in [2.05, 4.69) is 15.6 Å². The molecule has 20 heavy (non-hydrogen) atoms. The largest absolute Gasteiger partial charge is 0.476 e. The molecule has 1 aromatic heterocycles. The van der Waals surface area contributed by atoms with E-state index < -0.39 is 5.97 Å². The average Bonchev–Trinajstić information content (AvgIpc) is 2.97. The van der Waals surface area contributed by atoms with E-state index in [9.17, 15) is 9.59 Å². The van der Waals surface area contributed by atoms with Gasteiger partial charge in [-0.15, -0.1) is 5.10 Å². The van der Waals surface area contributed by atoms with Crippen molar-refractivity contribution in [2.24, 2.45) is 0 Å². The summed E-state index contributed by atoms with van der Waals surface area (Å²) in [7, 11) is 0. The van der Waals surface area contributed by atoms with Gasteiger partial charge in [0.2, 0.25) is 5.91 Å². The van der Waals surface area contributed by atoms with Crippen LogP contribution in [-0.2, 0) is 4.79 Å². The summed E-state index contributed by atoms with van der Waals surface area (Å²) in [5.41, 5.74) is -0.0649. The van der Waals surface area contributed by atoms with Gasteiger partial charge in [0.1, 0.15) is 0 Å². The molecule has 2 aliphatic heterocycles. The van der Waals surface area contributed by atoms with Crippen LogP contribution in [0, 0.1) is 0 Å². The monoisotopic (exact) mass is 279 g/mol. The maximum absolute atomic E-state index is 12.0. The van der Waals surface area contributed by atoms with Crippen LogP contribution in [0.25, 0.3) is 0 Å². The van der Waals surface area contributed by atoms with Crippen molar-refractivity contribution in [1.82, 2.24) is 25.2 Å². The fraction of sp³-hybridized carbons (Fsp3) is 0.667. The van der Waals surface area contributed by atoms with E-state index in [1.165, 1.54) is 10.9 Å². The normalized spacial score (nSPS) is 22.8. The van der Waals surface area contributed by atoms with Gasteiger partial charge in [0.15, 0.2) is 5.69 Å². The molecule has 3 rings (SSSR count). The lowest BCUT2D eigenvalue weighted by Gasteiger charge is -2.39. The molecule has 1 unspecified atom stereocenters. The van der Waals surface area contributed by atoms with E-state index in [4.69, 9.17) is 5.11 Å². The molecule has 1 atom stereocenters. The number of carbonyl (C=O) groups is 2. The average molecular weight is 279 g/mol. The molecule has 0 spiro atoms. The summed E-state index contributed by atoms with van der Waals surface area (Å²) in [6.45, 7) is 2.15. The minimum atomic E-state index is -1.09. The summed E-state index contributed by atoms with van der Waals surface area (Å²) in [5.74, 6) is -0.935. The van der Waals surface area contributed by atoms with Gasteiger partial charge >= 0.3 is 5.97 Å². The molecule has 2 N–H and O–H groups in total. The van der Waals surface area contributed by atoms with Crippen molar-refractivity contribution >= 4 is 11.9 Å². The Kier molecular flexibility index (Phi) is 3.39. The number of likely N-dealkylation sites (tertiary alicyclic amines) is 1. The molecular weight excluding hydrogens is 262 g/mol. The van der Waals surface area contributed by atoms with Crippen LogP contribution in [0.2, 0.25) is 0 Å². The standard InChI is InChI=1S/C12H17N5O3/c18-11(4-8-2-1-3-13-8)16-5-9(6-16)17-7-10(12(19)20)14-15-17/h7-9,13H,1-6H2,(H,19,20). The number of aromatic carboxylic acids is 1. The van der Waals surface area contributed by atoms with Crippen LogP contribution in [0.1, 0.15) is 35.8 Å². The highest BCUT2D eigenvalue weighted by atomic mass is 16.4. The van der Waals surface area contributed by atoms with E-state index in [1.54, 1.807) is 4.90 Å². The highest BCUT2D eigenvalue weighted by Crippen LogP contribution is 2.22. The van der Waals surface area contributed by atoms with E-state index in [1.807, 2.05) is 0 Å². The van der Waals surface area contributed by atoms with E-state index in [0.29, 0.717) is 25.6 Å². The number of carboxylic acid groups (broad SMARTS) is 1. The van der Waals surface area contributed by atoms with Crippen LogP contribution in [0.4, 0.5) is 0 Å². The molecule has 1 aromatic rings. The molecule has 0 saturated carbocycles. The molecule has 2 saturated heterocycles. The molecule has 2 aliphatic rings. The second kappa shape index (κ2) is 5.20. The van der Waals surface area contributed by atoms with Crippen molar-refractivity contribution in [3.05, 3.63) is 11.9 Å². The molecule has 108 valence electrons. The second-order valence-corrected chi connectivity index (χ2v) is 5.34. The lowest BCUT2D eigenvalue weighted by atomic mass is 10.1. The zero-order chi connectivity index (χ0) is 14.1. The Hall–Kier alpha value is -1.96. The lowest BCUT2D eigenvalue weighted by Crippen LogP contribution is -2.51. The predicted octanol–water partition coefficient (Wildman–Crippen LogP) is -0.498. The van der Waals surface area contributed by atoms with Crippen molar-refractivity contribution in [3.63, 3.8) is 0 Å². The molecule has 0 aromatic carbocycles. The van der Waals surface area contributed by atoms with Crippen LogP contribution in [0.3, 0.4) is 0 Å². The van der Waals surface area contributed by atoms with Crippen LogP contribution in [0.5, 0.6) is 0 Å². The number of carbonyl (C=O) groups excluding carboxylic acids is 1. The van der Waals surface area contributed by atoms with Crippen LogP contribution >= 0.6 is 0 Å². The Morgan fingerprint density at radius 3 is 2.85 bits per heavy atom. The number of aromatic nitrogens is 3. The molecule has 8 heteroatoms. The first-order valence-electron chi connectivity index (χ1n) is 6.80. The maximum atomic E-state index is 12.0. The van der Waals surface area contributed by atoms with Crippen LogP contribution in [0.15, 0.2) is 6.20 Å². The summed E-state index contributed by atoms with van der Waals surface area (Å²) in [6.07, 6.45) is 4.16. The minimum Gasteiger partial charge on any atom is -0.476 e. The third kappa shape index (κ3) is 2.51. The fourth-order valence-corrected chi connectivity index (χ4v) is 2.65. The van der Waals surface area contributed by atoms with Gasteiger partial charge in [0.25, 0.3) is 0 Å². The van der Waals surface area contributed by atoms with E-state index in [-0.39, 0.29) is 17.6 Å². The number of amides is 1. The van der Waals surface area contributed by atoms with Gasteiger partial charge in [-0.25, -0.2) is 9.48 Å². The van der Waals surface area contributed by atoms with Gasteiger partial charge in [-0.1, -0.05) is 5.21 Å². The van der Waals surface area contributed by atoms with Crippen molar-refractivity contribution in [2.45, 2.75) is 31.3 Å². The molecule has 1 amide bonds. The summed E-state index contributed by atoms with van der Waals surface area (Å²) >= 11 is 0. The Morgan fingerprint density at radius 2 is 2.25 bits per heavy atom. The van der Waals surface area contributed by atoms with E-state index >= 15 is 0 Å². The number of nitrogens with one attached hydrogen (secondary N) is 1. The van der Waals surface area contributed by atoms with Crippen molar-refractivity contribution in [1.29, 1.82) is 0 Å². The molecule has 0 bridgehead atoms. The molecule has 0 radical (unpaired) electrons. The Bertz CT molecular complexity index is 517. The van der Waals surface area contributed by atoms with Gasteiger partial charge in [-0.3, -0.25) is 4.79 Å². The zero-order valence-electron chi connectivity index (χ0n) is 11.0. The topological polar surface area (TPSA) is 100 Å². The number of nitrogens with zero attached hydrogens (tertiary/aromatic N) is 4. The first kappa shape index (κ1) is 13.0. The van der Waals surface area contributed by atoms with Gasteiger partial charge in [-0.05, 0) is 19.4 Å². The molecular formula is C12H17N5O3. The van der Waals surface area contributed by atoms with Gasteiger partial charge < -0.3 is 15.3 Å². The first-order chi connectivity index (χ1) is 9.63. The highest BCUT2D eigenvalue weighted by Gasteiger charge is 2.34. The number of hydrogen-bond acceptors (Lipinski definition) is 5. The number of hydrogen-bond donors (Lipinski definition) is 2. The van der Waals surface area contributed by atoms with Crippen LogP contribution in [-0.4, -0.2) is 62.6 Å². The summed E-state index contributed by atoms with van der Waals surface area (Å²) in [6, 6.07) is 0.350.